The quantitative estimate of drug-likeness (QED) is 0.851. The number of carboxylic acid groups (broad SMARTS) is 1. The highest BCUT2D eigenvalue weighted by atomic mass is 16.4. The summed E-state index contributed by atoms with van der Waals surface area (Å²) in [6.07, 6.45) is 0. The summed E-state index contributed by atoms with van der Waals surface area (Å²) in [6, 6.07) is 4.23. The normalized spacial score (nSPS) is 10.6. The summed E-state index contributed by atoms with van der Waals surface area (Å²) in [7, 11) is 0. The van der Waals surface area contributed by atoms with Crippen molar-refractivity contribution in [2.75, 3.05) is 0 Å². The van der Waals surface area contributed by atoms with Crippen molar-refractivity contribution >= 4 is 5.97 Å². The molecule has 0 amide bonds. The molecule has 0 bridgehead atoms. The third-order valence-corrected chi connectivity index (χ3v) is 3.10. The Bertz CT molecular complexity index is 629. The molecule has 0 saturated carbocycles. The van der Waals surface area contributed by atoms with Crippen LogP contribution in [0.15, 0.2) is 18.2 Å². The molecule has 5 nitrogen and oxygen atoms in total. The zero-order valence-corrected chi connectivity index (χ0v) is 10.4. The van der Waals surface area contributed by atoms with Gasteiger partial charge in [0.2, 0.25) is 0 Å². The molecule has 2 N–H and O–H groups in total. The fraction of sp³-hybridized carbons (Fsp3) is 0.231. The van der Waals surface area contributed by atoms with Crippen LogP contribution in [0.5, 0.6) is 5.75 Å². The van der Waals surface area contributed by atoms with E-state index in [4.69, 9.17) is 5.11 Å². The number of hydrogen-bond acceptors (Lipinski definition) is 3. The largest absolute Gasteiger partial charge is 0.506 e. The number of carboxylic acids is 1. The minimum Gasteiger partial charge on any atom is -0.506 e. The molecule has 0 radical (unpaired) electrons. The van der Waals surface area contributed by atoms with Crippen LogP contribution in [0.1, 0.15) is 27.3 Å². The Labute approximate surface area is 104 Å². The van der Waals surface area contributed by atoms with Gasteiger partial charge in [-0.3, -0.25) is 0 Å². The summed E-state index contributed by atoms with van der Waals surface area (Å²) >= 11 is 0. The summed E-state index contributed by atoms with van der Waals surface area (Å²) in [5.74, 6) is -1.16. The van der Waals surface area contributed by atoms with Crippen molar-refractivity contribution in [1.29, 1.82) is 0 Å². The molecule has 18 heavy (non-hydrogen) atoms. The van der Waals surface area contributed by atoms with Gasteiger partial charge in [-0.2, -0.15) is 5.10 Å². The van der Waals surface area contributed by atoms with Gasteiger partial charge in [0.15, 0.2) is 0 Å². The van der Waals surface area contributed by atoms with E-state index < -0.39 is 5.97 Å². The smallest absolute Gasteiger partial charge is 0.335 e. The molecular formula is C13H14N2O3. The highest BCUT2D eigenvalue weighted by molar-refractivity contribution is 5.88. The van der Waals surface area contributed by atoms with Crippen LogP contribution in [0.3, 0.4) is 0 Å². The van der Waals surface area contributed by atoms with Crippen molar-refractivity contribution in [3.05, 3.63) is 40.7 Å². The number of aromatic nitrogens is 2. The molecule has 0 aliphatic carbocycles. The van der Waals surface area contributed by atoms with E-state index in [-0.39, 0.29) is 11.3 Å². The topological polar surface area (TPSA) is 75.4 Å². The second-order valence-corrected chi connectivity index (χ2v) is 4.22. The summed E-state index contributed by atoms with van der Waals surface area (Å²) in [6.45, 7) is 5.75. The van der Waals surface area contributed by atoms with E-state index in [1.165, 1.54) is 12.1 Å². The van der Waals surface area contributed by atoms with Gasteiger partial charge in [0.05, 0.1) is 11.3 Å². The molecule has 5 heteroatoms. The molecular weight excluding hydrogens is 232 g/mol. The van der Waals surface area contributed by atoms with E-state index in [2.05, 4.69) is 5.10 Å². The first-order valence-electron chi connectivity index (χ1n) is 5.51. The second-order valence-electron chi connectivity index (χ2n) is 4.22. The minimum absolute atomic E-state index is 0.0505. The SMILES string of the molecule is Cc1nn(-c2ccc(C(=O)O)cc2O)c(C)c1C. The van der Waals surface area contributed by atoms with Crippen molar-refractivity contribution in [3.63, 3.8) is 0 Å². The summed E-state index contributed by atoms with van der Waals surface area (Å²) in [4.78, 5) is 10.8. The van der Waals surface area contributed by atoms with Gasteiger partial charge >= 0.3 is 5.97 Å². The predicted molar refractivity (Wildman–Crippen MR) is 66.4 cm³/mol. The van der Waals surface area contributed by atoms with E-state index in [0.717, 1.165) is 17.0 Å². The fourth-order valence-electron chi connectivity index (χ4n) is 1.79. The second kappa shape index (κ2) is 4.18. The number of nitrogens with zero attached hydrogens (tertiary/aromatic N) is 2. The maximum absolute atomic E-state index is 10.8. The van der Waals surface area contributed by atoms with Crippen LogP contribution in [0.4, 0.5) is 0 Å². The highest BCUT2D eigenvalue weighted by Gasteiger charge is 2.14. The van der Waals surface area contributed by atoms with Gasteiger partial charge in [0, 0.05) is 5.69 Å². The monoisotopic (exact) mass is 246 g/mol. The van der Waals surface area contributed by atoms with E-state index >= 15 is 0 Å². The van der Waals surface area contributed by atoms with Crippen LogP contribution in [0, 0.1) is 20.8 Å². The molecule has 0 spiro atoms. The van der Waals surface area contributed by atoms with Crippen molar-refractivity contribution in [1.82, 2.24) is 9.78 Å². The maximum atomic E-state index is 10.8. The van der Waals surface area contributed by atoms with Crippen LogP contribution in [0.25, 0.3) is 5.69 Å². The molecule has 2 aromatic rings. The number of aromatic hydroxyl groups is 1. The Kier molecular flexibility index (Phi) is 2.82. The lowest BCUT2D eigenvalue weighted by atomic mass is 10.2. The van der Waals surface area contributed by atoms with Crippen LogP contribution in [0.2, 0.25) is 0 Å². The molecule has 94 valence electrons. The first kappa shape index (κ1) is 12.2. The third-order valence-electron chi connectivity index (χ3n) is 3.10. The van der Waals surface area contributed by atoms with Crippen LogP contribution in [-0.2, 0) is 0 Å². The van der Waals surface area contributed by atoms with Crippen molar-refractivity contribution in [2.24, 2.45) is 0 Å². The Morgan fingerprint density at radius 1 is 1.28 bits per heavy atom. The first-order valence-corrected chi connectivity index (χ1v) is 5.51. The molecule has 1 aromatic carbocycles. The lowest BCUT2D eigenvalue weighted by Gasteiger charge is -2.07. The Hall–Kier alpha value is -2.30. The predicted octanol–water partition coefficient (Wildman–Crippen LogP) is 2.20. The summed E-state index contributed by atoms with van der Waals surface area (Å²) in [5.41, 5.74) is 3.39. The molecule has 1 heterocycles. The number of aromatic carboxylic acids is 1. The van der Waals surface area contributed by atoms with Crippen LogP contribution in [-0.4, -0.2) is 26.0 Å². The molecule has 0 saturated heterocycles. The minimum atomic E-state index is -1.07. The number of aryl methyl sites for hydroxylation is 1. The van der Waals surface area contributed by atoms with Gasteiger partial charge in [-0.05, 0) is 44.5 Å². The lowest BCUT2D eigenvalue weighted by molar-refractivity contribution is 0.0696. The highest BCUT2D eigenvalue weighted by Crippen LogP contribution is 2.25. The number of carbonyl (C=O) groups is 1. The van der Waals surface area contributed by atoms with Crippen molar-refractivity contribution in [2.45, 2.75) is 20.8 Å². The number of phenolic OH excluding ortho intramolecular Hbond substituents is 1. The molecule has 0 aliphatic rings. The number of benzene rings is 1. The van der Waals surface area contributed by atoms with Crippen molar-refractivity contribution < 1.29 is 15.0 Å². The Balaban J connectivity index is 2.58. The maximum Gasteiger partial charge on any atom is 0.335 e. The Morgan fingerprint density at radius 3 is 2.39 bits per heavy atom. The zero-order valence-electron chi connectivity index (χ0n) is 10.4. The van der Waals surface area contributed by atoms with Crippen LogP contribution < -0.4 is 0 Å². The van der Waals surface area contributed by atoms with Gasteiger partial charge in [-0.1, -0.05) is 0 Å². The lowest BCUT2D eigenvalue weighted by Crippen LogP contribution is -2.02. The van der Waals surface area contributed by atoms with Gasteiger partial charge in [0.1, 0.15) is 11.4 Å². The fourth-order valence-corrected chi connectivity index (χ4v) is 1.79. The van der Waals surface area contributed by atoms with E-state index in [0.29, 0.717) is 5.69 Å². The third kappa shape index (κ3) is 1.84. The average molecular weight is 246 g/mol. The van der Waals surface area contributed by atoms with E-state index in [9.17, 15) is 9.90 Å². The molecule has 0 unspecified atom stereocenters. The molecule has 2 rings (SSSR count). The molecule has 0 aliphatic heterocycles. The van der Waals surface area contributed by atoms with Gasteiger partial charge in [-0.25, -0.2) is 9.48 Å². The molecule has 1 aromatic heterocycles. The van der Waals surface area contributed by atoms with Gasteiger partial charge in [-0.15, -0.1) is 0 Å². The average Bonchev–Trinajstić information content (AvgIpc) is 2.57. The molecule has 0 atom stereocenters. The standard InChI is InChI=1S/C13H14N2O3/c1-7-8(2)14-15(9(7)3)11-5-4-10(13(17)18)6-12(11)16/h4-6,16H,1-3H3,(H,17,18). The number of rotatable bonds is 2. The summed E-state index contributed by atoms with van der Waals surface area (Å²) in [5, 5.41) is 23.1. The van der Waals surface area contributed by atoms with Gasteiger partial charge < -0.3 is 10.2 Å². The zero-order chi connectivity index (χ0) is 13.4. The van der Waals surface area contributed by atoms with Crippen LogP contribution >= 0.6 is 0 Å². The first-order chi connectivity index (χ1) is 8.41. The molecule has 0 fully saturated rings. The number of hydrogen-bond donors (Lipinski definition) is 2. The summed E-state index contributed by atoms with van der Waals surface area (Å²) < 4.78 is 1.62. The van der Waals surface area contributed by atoms with Gasteiger partial charge in [0.25, 0.3) is 0 Å². The number of phenols is 1. The Morgan fingerprint density at radius 2 is 1.94 bits per heavy atom. The van der Waals surface area contributed by atoms with E-state index in [1.807, 2.05) is 20.8 Å². The van der Waals surface area contributed by atoms with Crippen molar-refractivity contribution in [3.8, 4) is 11.4 Å². The van der Waals surface area contributed by atoms with E-state index in [1.54, 1.807) is 10.7 Å².